The Hall–Kier alpha value is -1.43. The van der Waals surface area contributed by atoms with Gasteiger partial charge in [0.25, 0.3) is 5.91 Å². The van der Waals surface area contributed by atoms with E-state index in [-0.39, 0.29) is 30.3 Å². The first-order valence-corrected chi connectivity index (χ1v) is 9.32. The summed E-state index contributed by atoms with van der Waals surface area (Å²) in [6, 6.07) is 8.06. The van der Waals surface area contributed by atoms with Gasteiger partial charge in [-0.25, -0.2) is 0 Å². The molecule has 0 saturated carbocycles. The molecule has 25 heavy (non-hydrogen) atoms. The molecule has 2 heterocycles. The first-order chi connectivity index (χ1) is 11.9. The lowest BCUT2D eigenvalue weighted by Gasteiger charge is -2.35. The second-order valence-corrected chi connectivity index (χ2v) is 7.62. The van der Waals surface area contributed by atoms with Crippen molar-refractivity contribution in [2.75, 3.05) is 26.2 Å². The molecule has 1 amide bonds. The zero-order valence-corrected chi connectivity index (χ0v) is 15.8. The van der Waals surface area contributed by atoms with Gasteiger partial charge in [-0.05, 0) is 45.4 Å². The molecule has 0 N–H and O–H groups in total. The Morgan fingerprint density at radius 2 is 1.36 bits per heavy atom. The minimum Gasteiger partial charge on any atom is -0.373 e. The van der Waals surface area contributed by atoms with Gasteiger partial charge in [-0.15, -0.1) is 0 Å². The predicted molar refractivity (Wildman–Crippen MR) is 97.6 cm³/mol. The first-order valence-electron chi connectivity index (χ1n) is 9.32. The van der Waals surface area contributed by atoms with E-state index in [0.717, 1.165) is 25.2 Å². The molecule has 2 saturated heterocycles. The molecule has 0 radical (unpaired) electrons. The molecule has 2 aliphatic heterocycles. The first kappa shape index (κ1) is 18.4. The summed E-state index contributed by atoms with van der Waals surface area (Å²) < 4.78 is 11.5. The van der Waals surface area contributed by atoms with Gasteiger partial charge in [-0.2, -0.15) is 0 Å². The van der Waals surface area contributed by atoms with Crippen LogP contribution in [0, 0.1) is 0 Å². The molecular weight excluding hydrogens is 316 g/mol. The Kier molecular flexibility index (Phi) is 5.77. The lowest BCUT2D eigenvalue weighted by atomic mass is 10.1. The van der Waals surface area contributed by atoms with Crippen molar-refractivity contribution in [2.24, 2.45) is 0 Å². The van der Waals surface area contributed by atoms with Crippen molar-refractivity contribution >= 4 is 5.91 Å². The number of ether oxygens (including phenoxy) is 2. The van der Waals surface area contributed by atoms with E-state index in [2.05, 4.69) is 30.9 Å². The van der Waals surface area contributed by atoms with Crippen LogP contribution in [0.5, 0.6) is 0 Å². The molecule has 0 unspecified atom stereocenters. The lowest BCUT2D eigenvalue weighted by Crippen LogP contribution is -2.48. The van der Waals surface area contributed by atoms with Crippen molar-refractivity contribution in [2.45, 2.75) is 58.7 Å². The van der Waals surface area contributed by atoms with Crippen molar-refractivity contribution in [1.82, 2.24) is 9.80 Å². The SMILES string of the molecule is C[C@@H]1CN(Cc2ccc(C(=O)N3C[C@@H](C)O[C@@H](C)C3)cc2)C[C@H](C)O1. The number of hydrogen-bond acceptors (Lipinski definition) is 4. The average molecular weight is 346 g/mol. The molecule has 0 spiro atoms. The summed E-state index contributed by atoms with van der Waals surface area (Å²) in [5.74, 6) is 0.0992. The van der Waals surface area contributed by atoms with Crippen LogP contribution in [0.3, 0.4) is 0 Å². The fourth-order valence-electron chi connectivity index (χ4n) is 3.95. The quantitative estimate of drug-likeness (QED) is 0.843. The molecular formula is C20H30N2O3. The number of amides is 1. The molecule has 4 atom stereocenters. The third-order valence-electron chi connectivity index (χ3n) is 4.81. The van der Waals surface area contributed by atoms with Crippen LogP contribution < -0.4 is 0 Å². The van der Waals surface area contributed by atoms with Gasteiger partial charge in [0, 0.05) is 38.3 Å². The fourth-order valence-corrected chi connectivity index (χ4v) is 3.95. The Morgan fingerprint density at radius 3 is 1.88 bits per heavy atom. The average Bonchev–Trinajstić information content (AvgIpc) is 2.53. The van der Waals surface area contributed by atoms with E-state index in [9.17, 15) is 4.79 Å². The minimum absolute atomic E-state index is 0.0947. The largest absolute Gasteiger partial charge is 0.373 e. The Balaban J connectivity index is 1.61. The topological polar surface area (TPSA) is 42.0 Å². The maximum absolute atomic E-state index is 12.7. The number of benzene rings is 1. The second-order valence-electron chi connectivity index (χ2n) is 7.62. The van der Waals surface area contributed by atoms with Gasteiger partial charge in [0.15, 0.2) is 0 Å². The summed E-state index contributed by atoms with van der Waals surface area (Å²) in [7, 11) is 0. The Bertz CT molecular complexity index is 569. The normalized spacial score (nSPS) is 31.1. The molecule has 2 fully saturated rings. The third kappa shape index (κ3) is 4.81. The zero-order valence-electron chi connectivity index (χ0n) is 15.8. The second kappa shape index (κ2) is 7.85. The van der Waals surface area contributed by atoms with Crippen molar-refractivity contribution < 1.29 is 14.3 Å². The fraction of sp³-hybridized carbons (Fsp3) is 0.650. The highest BCUT2D eigenvalue weighted by Crippen LogP contribution is 2.17. The van der Waals surface area contributed by atoms with Crippen LogP contribution in [0.25, 0.3) is 0 Å². The van der Waals surface area contributed by atoms with Crippen LogP contribution in [0.1, 0.15) is 43.6 Å². The Morgan fingerprint density at radius 1 is 0.880 bits per heavy atom. The molecule has 138 valence electrons. The van der Waals surface area contributed by atoms with E-state index < -0.39 is 0 Å². The molecule has 5 nitrogen and oxygen atoms in total. The maximum Gasteiger partial charge on any atom is 0.254 e. The van der Waals surface area contributed by atoms with E-state index in [1.165, 1.54) is 5.56 Å². The third-order valence-corrected chi connectivity index (χ3v) is 4.81. The summed E-state index contributed by atoms with van der Waals surface area (Å²) in [6.07, 6.45) is 0.736. The smallest absolute Gasteiger partial charge is 0.254 e. The molecule has 5 heteroatoms. The highest BCUT2D eigenvalue weighted by atomic mass is 16.5. The summed E-state index contributed by atoms with van der Waals surface area (Å²) in [6.45, 7) is 12.4. The van der Waals surface area contributed by atoms with E-state index in [1.54, 1.807) is 0 Å². The number of rotatable bonds is 3. The number of carbonyl (C=O) groups is 1. The van der Waals surface area contributed by atoms with E-state index in [0.29, 0.717) is 13.1 Å². The van der Waals surface area contributed by atoms with Crippen LogP contribution >= 0.6 is 0 Å². The molecule has 0 aliphatic carbocycles. The molecule has 0 aromatic heterocycles. The van der Waals surface area contributed by atoms with Gasteiger partial charge in [-0.3, -0.25) is 9.69 Å². The highest BCUT2D eigenvalue weighted by molar-refractivity contribution is 5.94. The monoisotopic (exact) mass is 346 g/mol. The summed E-state index contributed by atoms with van der Waals surface area (Å²) in [5, 5.41) is 0. The minimum atomic E-state index is 0.0947. The van der Waals surface area contributed by atoms with Crippen LogP contribution in [0.2, 0.25) is 0 Å². The van der Waals surface area contributed by atoms with Gasteiger partial charge >= 0.3 is 0 Å². The summed E-state index contributed by atoms with van der Waals surface area (Å²) in [5.41, 5.74) is 2.00. The van der Waals surface area contributed by atoms with E-state index in [1.807, 2.05) is 30.9 Å². The van der Waals surface area contributed by atoms with Crippen molar-refractivity contribution in [3.63, 3.8) is 0 Å². The molecule has 2 aliphatic rings. The van der Waals surface area contributed by atoms with Gasteiger partial charge in [0.05, 0.1) is 24.4 Å². The lowest BCUT2D eigenvalue weighted by molar-refractivity contribution is -0.0704. The predicted octanol–water partition coefficient (Wildman–Crippen LogP) is 2.55. The number of carbonyl (C=O) groups excluding carboxylic acids is 1. The van der Waals surface area contributed by atoms with Gasteiger partial charge in [0.2, 0.25) is 0 Å². The van der Waals surface area contributed by atoms with Crippen molar-refractivity contribution in [1.29, 1.82) is 0 Å². The van der Waals surface area contributed by atoms with Gasteiger partial charge < -0.3 is 14.4 Å². The summed E-state index contributed by atoms with van der Waals surface area (Å²) in [4.78, 5) is 17.0. The van der Waals surface area contributed by atoms with Crippen LogP contribution in [0.15, 0.2) is 24.3 Å². The molecule has 1 aromatic rings. The van der Waals surface area contributed by atoms with E-state index in [4.69, 9.17) is 9.47 Å². The molecule has 1 aromatic carbocycles. The maximum atomic E-state index is 12.7. The van der Waals surface area contributed by atoms with Crippen LogP contribution in [-0.4, -0.2) is 66.3 Å². The molecule has 3 rings (SSSR count). The van der Waals surface area contributed by atoms with Crippen LogP contribution in [0.4, 0.5) is 0 Å². The highest BCUT2D eigenvalue weighted by Gasteiger charge is 2.27. The Labute approximate surface area is 150 Å². The summed E-state index contributed by atoms with van der Waals surface area (Å²) >= 11 is 0. The zero-order chi connectivity index (χ0) is 18.0. The number of morpholine rings is 2. The van der Waals surface area contributed by atoms with Crippen LogP contribution in [-0.2, 0) is 16.0 Å². The van der Waals surface area contributed by atoms with Crippen molar-refractivity contribution in [3.8, 4) is 0 Å². The number of nitrogens with zero attached hydrogens (tertiary/aromatic N) is 2. The standard InChI is InChI=1S/C20H30N2O3/c1-14-9-21(10-15(2)24-14)13-18-5-7-19(8-6-18)20(23)22-11-16(3)25-17(4)12-22/h5-8,14-17H,9-13H2,1-4H3/t14-,15+,16-,17+. The molecule has 0 bridgehead atoms. The van der Waals surface area contributed by atoms with Gasteiger partial charge in [-0.1, -0.05) is 12.1 Å². The van der Waals surface area contributed by atoms with E-state index >= 15 is 0 Å². The van der Waals surface area contributed by atoms with Crippen molar-refractivity contribution in [3.05, 3.63) is 35.4 Å². The number of hydrogen-bond donors (Lipinski definition) is 0. The van der Waals surface area contributed by atoms with Gasteiger partial charge in [0.1, 0.15) is 0 Å².